The highest BCUT2D eigenvalue weighted by molar-refractivity contribution is 6.17. The number of nitrogens with zero attached hydrogens (tertiary/aromatic N) is 1. The van der Waals surface area contributed by atoms with Crippen LogP contribution in [0.5, 0.6) is 0 Å². The van der Waals surface area contributed by atoms with Crippen LogP contribution in [0.2, 0.25) is 0 Å². The Morgan fingerprint density at radius 3 is 1.90 bits per heavy atom. The van der Waals surface area contributed by atoms with E-state index in [2.05, 4.69) is 224 Å². The molecule has 0 unspecified atom stereocenters. The van der Waals surface area contributed by atoms with E-state index in [9.17, 15) is 0 Å². The standard InChI is InChI=1S/C59H51NO2/c1-57(2,3)39-33-47(58(4,5)6)54-43-23-16-26-49(56(43)62-52(54)34-39)60(48-25-17-27-51-55(48)44-32-38(28-31-50(44)61-51)36-18-11-9-12-19-36)40-29-30-42-46(35-40)59(7,8)45-24-15-22-41(53(42)45)37-20-13-10-14-21-37/h9-35H,1-8H3. The highest BCUT2D eigenvalue weighted by atomic mass is 16.3. The van der Waals surface area contributed by atoms with Crippen molar-refractivity contribution in [3.8, 4) is 33.4 Å². The van der Waals surface area contributed by atoms with E-state index in [1.807, 2.05) is 0 Å². The molecule has 2 aromatic heterocycles. The smallest absolute Gasteiger partial charge is 0.159 e. The molecule has 11 rings (SSSR count). The minimum atomic E-state index is -0.244. The van der Waals surface area contributed by atoms with Crippen LogP contribution in [0.15, 0.2) is 173 Å². The first-order chi connectivity index (χ1) is 29.8. The Labute approximate surface area is 364 Å². The fraction of sp³-hybridized carbons (Fsp3) is 0.186. The lowest BCUT2D eigenvalue weighted by Gasteiger charge is -2.28. The minimum Gasteiger partial charge on any atom is -0.456 e. The van der Waals surface area contributed by atoms with Crippen LogP contribution < -0.4 is 4.90 Å². The third-order valence-electron chi connectivity index (χ3n) is 13.3. The number of anilines is 3. The van der Waals surface area contributed by atoms with Gasteiger partial charge in [0.05, 0.1) is 16.8 Å². The number of hydrogen-bond acceptors (Lipinski definition) is 3. The van der Waals surface area contributed by atoms with Crippen LogP contribution in [0.25, 0.3) is 77.3 Å². The number of para-hydroxylation sites is 1. The van der Waals surface area contributed by atoms with Crippen molar-refractivity contribution < 1.29 is 8.83 Å². The lowest BCUT2D eigenvalue weighted by atomic mass is 9.79. The molecule has 3 nitrogen and oxygen atoms in total. The van der Waals surface area contributed by atoms with Crippen LogP contribution in [-0.2, 0) is 16.2 Å². The van der Waals surface area contributed by atoms with Crippen LogP contribution in [0.1, 0.15) is 77.6 Å². The molecule has 0 saturated heterocycles. The molecular formula is C59H51NO2. The van der Waals surface area contributed by atoms with Crippen molar-refractivity contribution in [2.75, 3.05) is 4.90 Å². The van der Waals surface area contributed by atoms with Gasteiger partial charge in [-0.3, -0.25) is 0 Å². The van der Waals surface area contributed by atoms with Crippen molar-refractivity contribution in [1.29, 1.82) is 0 Å². The second-order valence-electron chi connectivity index (χ2n) is 19.8. The van der Waals surface area contributed by atoms with Gasteiger partial charge in [-0.25, -0.2) is 0 Å². The molecule has 0 saturated carbocycles. The molecule has 0 amide bonds. The quantitative estimate of drug-likeness (QED) is 0.174. The summed E-state index contributed by atoms with van der Waals surface area (Å²) in [6.07, 6.45) is 0. The molecule has 10 aromatic rings. The van der Waals surface area contributed by atoms with E-state index in [0.717, 1.165) is 61.1 Å². The molecule has 1 aliphatic rings. The highest BCUT2D eigenvalue weighted by Crippen LogP contribution is 2.55. The lowest BCUT2D eigenvalue weighted by molar-refractivity contribution is 0.569. The van der Waals surface area contributed by atoms with Crippen molar-refractivity contribution in [3.63, 3.8) is 0 Å². The molecule has 0 fully saturated rings. The van der Waals surface area contributed by atoms with E-state index in [1.54, 1.807) is 0 Å². The topological polar surface area (TPSA) is 29.5 Å². The summed E-state index contributed by atoms with van der Waals surface area (Å²) in [6, 6.07) is 59.7. The Balaban J connectivity index is 1.21. The van der Waals surface area contributed by atoms with E-state index >= 15 is 0 Å². The molecule has 0 atom stereocenters. The zero-order valence-electron chi connectivity index (χ0n) is 36.9. The molecule has 0 spiro atoms. The zero-order valence-corrected chi connectivity index (χ0v) is 36.9. The Hall–Kier alpha value is -6.84. The van der Waals surface area contributed by atoms with Crippen molar-refractivity contribution in [2.45, 2.75) is 71.6 Å². The minimum absolute atomic E-state index is 0.0478. The Morgan fingerprint density at radius 2 is 1.16 bits per heavy atom. The predicted molar refractivity (Wildman–Crippen MR) is 262 cm³/mol. The summed E-state index contributed by atoms with van der Waals surface area (Å²) in [7, 11) is 0. The Bertz CT molecular complexity index is 3390. The summed E-state index contributed by atoms with van der Waals surface area (Å²) in [5.74, 6) is 0. The number of benzene rings is 8. The maximum atomic E-state index is 7.22. The third kappa shape index (κ3) is 5.86. The lowest BCUT2D eigenvalue weighted by Crippen LogP contribution is -2.17. The summed E-state index contributed by atoms with van der Waals surface area (Å²) in [6.45, 7) is 18.5. The number of fused-ring (bicyclic) bond motifs is 9. The van der Waals surface area contributed by atoms with Crippen molar-refractivity contribution in [2.24, 2.45) is 0 Å². The third-order valence-corrected chi connectivity index (χ3v) is 13.3. The molecule has 2 heterocycles. The SMILES string of the molecule is CC(C)(C)c1cc(C(C)(C)C)c2c(c1)oc1c(N(c3ccc4c(c3)C(C)(C)c3cccc(-c5ccccc5)c3-4)c3cccc4oc5ccc(-c6ccccc6)cc5c34)cccc12. The van der Waals surface area contributed by atoms with Gasteiger partial charge in [0.2, 0.25) is 0 Å². The van der Waals surface area contributed by atoms with Gasteiger partial charge in [0.1, 0.15) is 16.7 Å². The molecule has 62 heavy (non-hydrogen) atoms. The fourth-order valence-corrected chi connectivity index (χ4v) is 10.1. The van der Waals surface area contributed by atoms with Gasteiger partial charge in [-0.15, -0.1) is 0 Å². The first-order valence-electron chi connectivity index (χ1n) is 21.9. The van der Waals surface area contributed by atoms with Crippen molar-refractivity contribution in [3.05, 3.63) is 186 Å². The van der Waals surface area contributed by atoms with Gasteiger partial charge in [-0.2, -0.15) is 0 Å². The van der Waals surface area contributed by atoms with Gasteiger partial charge in [0.15, 0.2) is 5.58 Å². The summed E-state index contributed by atoms with van der Waals surface area (Å²) in [4.78, 5) is 2.43. The summed E-state index contributed by atoms with van der Waals surface area (Å²) in [5.41, 5.74) is 18.8. The summed E-state index contributed by atoms with van der Waals surface area (Å²) in [5, 5.41) is 4.43. The van der Waals surface area contributed by atoms with Crippen LogP contribution in [0.3, 0.4) is 0 Å². The van der Waals surface area contributed by atoms with Gasteiger partial charge < -0.3 is 13.7 Å². The Kier molecular flexibility index (Phi) is 8.35. The average molecular weight is 806 g/mol. The molecule has 8 aromatic carbocycles. The maximum absolute atomic E-state index is 7.22. The molecular weight excluding hydrogens is 755 g/mol. The van der Waals surface area contributed by atoms with E-state index in [4.69, 9.17) is 8.83 Å². The van der Waals surface area contributed by atoms with Crippen molar-refractivity contribution in [1.82, 2.24) is 0 Å². The zero-order chi connectivity index (χ0) is 42.7. The van der Waals surface area contributed by atoms with Crippen LogP contribution in [0.4, 0.5) is 17.1 Å². The van der Waals surface area contributed by atoms with Crippen molar-refractivity contribution >= 4 is 60.9 Å². The molecule has 304 valence electrons. The normalized spacial score (nSPS) is 13.6. The number of rotatable bonds is 5. The largest absolute Gasteiger partial charge is 0.456 e. The van der Waals surface area contributed by atoms with Crippen LogP contribution in [-0.4, -0.2) is 0 Å². The predicted octanol–water partition coefficient (Wildman–Crippen LogP) is 17.2. The second-order valence-corrected chi connectivity index (χ2v) is 19.8. The van der Waals surface area contributed by atoms with Gasteiger partial charge >= 0.3 is 0 Å². The van der Waals surface area contributed by atoms with Gasteiger partial charge in [-0.05, 0) is 115 Å². The maximum Gasteiger partial charge on any atom is 0.159 e. The van der Waals surface area contributed by atoms with E-state index in [-0.39, 0.29) is 16.2 Å². The molecule has 1 aliphatic carbocycles. The molecule has 0 bridgehead atoms. The first-order valence-corrected chi connectivity index (χ1v) is 21.9. The average Bonchev–Trinajstić information content (AvgIpc) is 3.91. The molecule has 0 N–H and O–H groups in total. The van der Waals surface area contributed by atoms with Gasteiger partial charge in [0, 0.05) is 27.3 Å². The van der Waals surface area contributed by atoms with Crippen LogP contribution in [0, 0.1) is 0 Å². The molecule has 0 radical (unpaired) electrons. The monoisotopic (exact) mass is 805 g/mol. The van der Waals surface area contributed by atoms with Crippen LogP contribution >= 0.6 is 0 Å². The Morgan fingerprint density at radius 1 is 0.452 bits per heavy atom. The van der Waals surface area contributed by atoms with Gasteiger partial charge in [-0.1, -0.05) is 171 Å². The number of furan rings is 2. The molecule has 3 heteroatoms. The second kappa shape index (κ2) is 13.6. The van der Waals surface area contributed by atoms with E-state index in [1.165, 1.54) is 55.5 Å². The number of hydrogen-bond donors (Lipinski definition) is 0. The molecule has 0 aliphatic heterocycles. The highest BCUT2D eigenvalue weighted by Gasteiger charge is 2.38. The van der Waals surface area contributed by atoms with E-state index < -0.39 is 0 Å². The van der Waals surface area contributed by atoms with E-state index in [0.29, 0.717) is 0 Å². The fourth-order valence-electron chi connectivity index (χ4n) is 10.1. The summed E-state index contributed by atoms with van der Waals surface area (Å²) < 4.78 is 13.9. The summed E-state index contributed by atoms with van der Waals surface area (Å²) >= 11 is 0. The van der Waals surface area contributed by atoms with Gasteiger partial charge in [0.25, 0.3) is 0 Å². The first kappa shape index (κ1) is 38.1.